The molecule has 3 rings (SSSR count). The van der Waals surface area contributed by atoms with Crippen LogP contribution in [0.1, 0.15) is 44.9 Å². The van der Waals surface area contributed by atoms with E-state index in [2.05, 4.69) is 17.4 Å². The van der Waals surface area contributed by atoms with Crippen LogP contribution in [0.2, 0.25) is 5.02 Å². The van der Waals surface area contributed by atoms with E-state index in [1.165, 1.54) is 44.9 Å². The zero-order chi connectivity index (χ0) is 11.7. The third-order valence-electron chi connectivity index (χ3n) is 4.72. The third kappa shape index (κ3) is 2.06. The molecule has 2 aliphatic carbocycles. The van der Waals surface area contributed by atoms with Crippen molar-refractivity contribution < 1.29 is 0 Å². The number of rotatable bonds is 2. The van der Waals surface area contributed by atoms with Gasteiger partial charge in [0.25, 0.3) is 0 Å². The van der Waals surface area contributed by atoms with Crippen molar-refractivity contribution >= 4 is 17.3 Å². The molecule has 0 radical (unpaired) electrons. The van der Waals surface area contributed by atoms with E-state index in [9.17, 15) is 0 Å². The van der Waals surface area contributed by atoms with Crippen LogP contribution in [0.15, 0.2) is 24.3 Å². The van der Waals surface area contributed by atoms with Gasteiger partial charge in [-0.15, -0.1) is 0 Å². The van der Waals surface area contributed by atoms with Crippen LogP contribution in [0.3, 0.4) is 0 Å². The summed E-state index contributed by atoms with van der Waals surface area (Å²) >= 11 is 6.21. The quantitative estimate of drug-likeness (QED) is 0.789. The average Bonchev–Trinajstić information content (AvgIpc) is 2.37. The Morgan fingerprint density at radius 3 is 2.47 bits per heavy atom. The van der Waals surface area contributed by atoms with E-state index in [1.54, 1.807) is 0 Å². The maximum Gasteiger partial charge on any atom is 0.0637 e. The Kier molecular flexibility index (Phi) is 3.04. The minimum atomic E-state index is 0.595. The summed E-state index contributed by atoms with van der Waals surface area (Å²) < 4.78 is 0. The number of hydrogen-bond donors (Lipinski definition) is 1. The van der Waals surface area contributed by atoms with E-state index >= 15 is 0 Å². The number of halogens is 1. The lowest BCUT2D eigenvalue weighted by Crippen LogP contribution is -2.50. The number of nitrogens with one attached hydrogen (secondary N) is 1. The molecule has 0 aromatic heterocycles. The Bertz CT molecular complexity index is 396. The van der Waals surface area contributed by atoms with Crippen molar-refractivity contribution in [2.75, 3.05) is 5.32 Å². The summed E-state index contributed by atoms with van der Waals surface area (Å²) in [6.07, 6.45) is 9.81. The summed E-state index contributed by atoms with van der Waals surface area (Å²) in [5.74, 6) is 0. The van der Waals surface area contributed by atoms with E-state index in [-0.39, 0.29) is 0 Å². The third-order valence-corrected chi connectivity index (χ3v) is 5.05. The van der Waals surface area contributed by atoms with Gasteiger partial charge in [0.15, 0.2) is 0 Å². The minimum absolute atomic E-state index is 0.595. The highest BCUT2D eigenvalue weighted by molar-refractivity contribution is 6.33. The van der Waals surface area contributed by atoms with Crippen molar-refractivity contribution in [2.45, 2.75) is 51.0 Å². The second kappa shape index (κ2) is 4.53. The van der Waals surface area contributed by atoms with E-state index in [0.717, 1.165) is 10.7 Å². The van der Waals surface area contributed by atoms with Crippen LogP contribution in [0, 0.1) is 5.41 Å². The molecule has 92 valence electrons. The highest BCUT2D eigenvalue weighted by Gasteiger charge is 2.46. The van der Waals surface area contributed by atoms with Crippen LogP contribution >= 0.6 is 11.6 Å². The molecule has 0 heterocycles. The second-order valence-corrected chi connectivity index (χ2v) is 6.05. The van der Waals surface area contributed by atoms with E-state index in [1.807, 2.05) is 12.1 Å². The summed E-state index contributed by atoms with van der Waals surface area (Å²) in [5, 5.41) is 4.53. The summed E-state index contributed by atoms with van der Waals surface area (Å²) in [4.78, 5) is 0. The first-order chi connectivity index (χ1) is 8.30. The lowest BCUT2D eigenvalue weighted by atomic mass is 9.57. The molecule has 1 nitrogen and oxygen atoms in total. The SMILES string of the molecule is Clc1ccccc1NC1CCC12CCCCC2. The molecule has 2 aliphatic rings. The zero-order valence-electron chi connectivity index (χ0n) is 10.2. The molecule has 0 bridgehead atoms. The molecule has 1 aromatic rings. The molecule has 1 spiro atoms. The van der Waals surface area contributed by atoms with Crippen molar-refractivity contribution in [3.05, 3.63) is 29.3 Å². The molecule has 1 aromatic carbocycles. The van der Waals surface area contributed by atoms with Gasteiger partial charge in [0.2, 0.25) is 0 Å². The minimum Gasteiger partial charge on any atom is -0.381 e. The second-order valence-electron chi connectivity index (χ2n) is 5.64. The van der Waals surface area contributed by atoms with E-state index in [0.29, 0.717) is 11.5 Å². The number of para-hydroxylation sites is 1. The van der Waals surface area contributed by atoms with Crippen LogP contribution in [-0.4, -0.2) is 6.04 Å². The molecule has 17 heavy (non-hydrogen) atoms. The van der Waals surface area contributed by atoms with Gasteiger partial charge < -0.3 is 5.32 Å². The van der Waals surface area contributed by atoms with E-state index < -0.39 is 0 Å². The van der Waals surface area contributed by atoms with Gasteiger partial charge in [0.1, 0.15) is 0 Å². The van der Waals surface area contributed by atoms with Gasteiger partial charge >= 0.3 is 0 Å². The fourth-order valence-corrected chi connectivity index (χ4v) is 3.73. The predicted octanol–water partition coefficient (Wildman–Crippen LogP) is 4.86. The smallest absolute Gasteiger partial charge is 0.0637 e. The summed E-state index contributed by atoms with van der Waals surface area (Å²) in [5.41, 5.74) is 1.71. The van der Waals surface area contributed by atoms with Gasteiger partial charge in [-0.05, 0) is 43.2 Å². The van der Waals surface area contributed by atoms with Crippen molar-refractivity contribution in [3.8, 4) is 0 Å². The average molecular weight is 250 g/mol. The molecule has 0 amide bonds. The number of benzene rings is 1. The topological polar surface area (TPSA) is 12.0 Å². The molecule has 2 saturated carbocycles. The Hall–Kier alpha value is -0.690. The van der Waals surface area contributed by atoms with Gasteiger partial charge in [-0.1, -0.05) is 43.0 Å². The van der Waals surface area contributed by atoms with Gasteiger partial charge in [0, 0.05) is 6.04 Å². The largest absolute Gasteiger partial charge is 0.381 e. The molecule has 0 aliphatic heterocycles. The normalized spacial score (nSPS) is 26.5. The number of anilines is 1. The summed E-state index contributed by atoms with van der Waals surface area (Å²) in [6, 6.07) is 8.76. The first kappa shape index (κ1) is 11.4. The van der Waals surface area contributed by atoms with Crippen molar-refractivity contribution in [1.82, 2.24) is 0 Å². The maximum atomic E-state index is 6.21. The Morgan fingerprint density at radius 1 is 1.06 bits per heavy atom. The van der Waals surface area contributed by atoms with Crippen LogP contribution in [0.4, 0.5) is 5.69 Å². The van der Waals surface area contributed by atoms with E-state index in [4.69, 9.17) is 11.6 Å². The van der Waals surface area contributed by atoms with Crippen molar-refractivity contribution in [1.29, 1.82) is 0 Å². The molecule has 2 heteroatoms. The van der Waals surface area contributed by atoms with Crippen molar-refractivity contribution in [3.63, 3.8) is 0 Å². The summed E-state index contributed by atoms with van der Waals surface area (Å²) in [7, 11) is 0. The van der Waals surface area contributed by atoms with Gasteiger partial charge in [-0.25, -0.2) is 0 Å². The Morgan fingerprint density at radius 2 is 1.82 bits per heavy atom. The maximum absolute atomic E-state index is 6.21. The highest BCUT2D eigenvalue weighted by atomic mass is 35.5. The van der Waals surface area contributed by atoms with Crippen LogP contribution in [-0.2, 0) is 0 Å². The Balaban J connectivity index is 1.72. The standard InChI is InChI=1S/C15H20ClN/c16-12-6-2-3-7-13(12)17-14-8-11-15(14)9-4-1-5-10-15/h2-3,6-7,14,17H,1,4-5,8-11H2. The predicted molar refractivity (Wildman–Crippen MR) is 73.6 cm³/mol. The summed E-state index contributed by atoms with van der Waals surface area (Å²) in [6.45, 7) is 0. The molecule has 1 atom stereocenters. The molecule has 0 saturated heterocycles. The molecular weight excluding hydrogens is 230 g/mol. The van der Waals surface area contributed by atoms with Gasteiger partial charge in [-0.3, -0.25) is 0 Å². The van der Waals surface area contributed by atoms with Crippen LogP contribution in [0.5, 0.6) is 0 Å². The van der Waals surface area contributed by atoms with Crippen molar-refractivity contribution in [2.24, 2.45) is 5.41 Å². The Labute approximate surface area is 109 Å². The molecule has 2 fully saturated rings. The van der Waals surface area contributed by atoms with Crippen LogP contribution in [0.25, 0.3) is 0 Å². The van der Waals surface area contributed by atoms with Gasteiger partial charge in [-0.2, -0.15) is 0 Å². The lowest BCUT2D eigenvalue weighted by Gasteiger charge is -2.52. The zero-order valence-corrected chi connectivity index (χ0v) is 11.0. The lowest BCUT2D eigenvalue weighted by molar-refractivity contribution is 0.0571. The monoisotopic (exact) mass is 249 g/mol. The fourth-order valence-electron chi connectivity index (χ4n) is 3.54. The highest BCUT2D eigenvalue weighted by Crippen LogP contribution is 2.52. The fraction of sp³-hybridized carbons (Fsp3) is 0.600. The molecule has 1 unspecified atom stereocenters. The molecular formula is C15H20ClN. The molecule has 1 N–H and O–H groups in total. The first-order valence-corrected chi connectivity index (χ1v) is 7.19. The van der Waals surface area contributed by atoms with Gasteiger partial charge in [0.05, 0.1) is 10.7 Å². The first-order valence-electron chi connectivity index (χ1n) is 6.81. The number of hydrogen-bond acceptors (Lipinski definition) is 1. The van der Waals surface area contributed by atoms with Crippen LogP contribution < -0.4 is 5.32 Å².